The molecule has 0 aromatic heterocycles. The van der Waals surface area contributed by atoms with Crippen LogP contribution >= 0.6 is 15.9 Å². The molecule has 2 fully saturated rings. The normalized spacial score (nSPS) is 33.1. The zero-order chi connectivity index (χ0) is 14.2. The molecule has 0 radical (unpaired) electrons. The average Bonchev–Trinajstić information content (AvgIpc) is 2.39. The van der Waals surface area contributed by atoms with Crippen molar-refractivity contribution in [3.8, 4) is 0 Å². The van der Waals surface area contributed by atoms with Gasteiger partial charge in [0.1, 0.15) is 0 Å². The van der Waals surface area contributed by atoms with Gasteiger partial charge in [-0.25, -0.2) is 8.42 Å². The maximum atomic E-state index is 12.1. The van der Waals surface area contributed by atoms with E-state index in [1.165, 1.54) is 5.56 Å². The van der Waals surface area contributed by atoms with Crippen molar-refractivity contribution >= 4 is 25.8 Å². The zero-order valence-corrected chi connectivity index (χ0v) is 13.8. The Kier molecular flexibility index (Phi) is 3.95. The molecular formula is C15H20BrNO2S. The number of hydrogen-bond donors (Lipinski definition) is 1. The first-order valence-corrected chi connectivity index (χ1v) is 9.79. The molecule has 0 aliphatic carbocycles. The monoisotopic (exact) mass is 357 g/mol. The van der Waals surface area contributed by atoms with E-state index in [-0.39, 0.29) is 5.41 Å². The molecule has 2 heterocycles. The lowest BCUT2D eigenvalue weighted by atomic mass is 9.66. The summed E-state index contributed by atoms with van der Waals surface area (Å²) in [7, 11) is -2.88. The fourth-order valence-corrected chi connectivity index (χ4v) is 6.20. The number of halogens is 1. The van der Waals surface area contributed by atoms with Crippen LogP contribution in [0.2, 0.25) is 0 Å². The van der Waals surface area contributed by atoms with Gasteiger partial charge in [-0.05, 0) is 48.9 Å². The van der Waals surface area contributed by atoms with Crippen LogP contribution in [0, 0.1) is 5.41 Å². The van der Waals surface area contributed by atoms with Gasteiger partial charge in [0.2, 0.25) is 0 Å². The van der Waals surface area contributed by atoms with E-state index in [4.69, 9.17) is 0 Å². The van der Waals surface area contributed by atoms with E-state index >= 15 is 0 Å². The Morgan fingerprint density at radius 1 is 1.20 bits per heavy atom. The maximum absolute atomic E-state index is 12.1. The van der Waals surface area contributed by atoms with Crippen molar-refractivity contribution in [2.24, 2.45) is 5.41 Å². The molecule has 1 spiro atoms. The van der Waals surface area contributed by atoms with Gasteiger partial charge in [-0.2, -0.15) is 0 Å². The minimum absolute atomic E-state index is 0.0594. The molecule has 0 bridgehead atoms. The lowest BCUT2D eigenvalue weighted by Gasteiger charge is -2.47. The van der Waals surface area contributed by atoms with Gasteiger partial charge in [0.15, 0.2) is 9.84 Å². The van der Waals surface area contributed by atoms with Crippen LogP contribution in [-0.4, -0.2) is 33.0 Å². The lowest BCUT2D eigenvalue weighted by Crippen LogP contribution is -2.49. The van der Waals surface area contributed by atoms with Crippen LogP contribution in [0.3, 0.4) is 0 Å². The fourth-order valence-electron chi connectivity index (χ4n) is 3.84. The first kappa shape index (κ1) is 14.5. The second-order valence-corrected chi connectivity index (χ2v) is 9.22. The molecular weight excluding hydrogens is 338 g/mol. The van der Waals surface area contributed by atoms with Crippen molar-refractivity contribution < 1.29 is 8.42 Å². The molecule has 5 heteroatoms. The Morgan fingerprint density at radius 3 is 2.65 bits per heavy atom. The summed E-state index contributed by atoms with van der Waals surface area (Å²) in [4.78, 5) is 0. The van der Waals surface area contributed by atoms with E-state index in [0.29, 0.717) is 17.4 Å². The lowest BCUT2D eigenvalue weighted by molar-refractivity contribution is 0.168. The number of rotatable bonds is 1. The molecule has 2 saturated heterocycles. The van der Waals surface area contributed by atoms with E-state index in [2.05, 4.69) is 45.5 Å². The number of benzene rings is 1. The van der Waals surface area contributed by atoms with E-state index < -0.39 is 9.84 Å². The summed E-state index contributed by atoms with van der Waals surface area (Å²) in [6.45, 7) is 1.82. The molecule has 1 aromatic carbocycles. The molecule has 1 aromatic rings. The van der Waals surface area contributed by atoms with E-state index in [1.54, 1.807) is 0 Å². The second kappa shape index (κ2) is 5.43. The molecule has 2 aliphatic rings. The number of sulfone groups is 1. The van der Waals surface area contributed by atoms with Gasteiger partial charge in [-0.15, -0.1) is 0 Å². The van der Waals surface area contributed by atoms with Crippen molar-refractivity contribution in [2.75, 3.05) is 24.6 Å². The second-order valence-electron chi connectivity index (χ2n) is 6.12. The molecule has 3 rings (SSSR count). The van der Waals surface area contributed by atoms with Crippen molar-refractivity contribution in [3.05, 3.63) is 34.3 Å². The molecule has 20 heavy (non-hydrogen) atoms. The van der Waals surface area contributed by atoms with Crippen molar-refractivity contribution in [1.29, 1.82) is 0 Å². The minimum Gasteiger partial charge on any atom is -0.316 e. The largest absolute Gasteiger partial charge is 0.316 e. The predicted molar refractivity (Wildman–Crippen MR) is 84.7 cm³/mol. The first-order chi connectivity index (χ1) is 9.51. The van der Waals surface area contributed by atoms with Crippen LogP contribution in [0.15, 0.2) is 28.7 Å². The summed E-state index contributed by atoms with van der Waals surface area (Å²) in [5.41, 5.74) is 1.20. The molecule has 1 N–H and O–H groups in total. The van der Waals surface area contributed by atoms with Crippen LogP contribution in [0.5, 0.6) is 0 Å². The standard InChI is InChI=1S/C15H20BrNO2S/c16-13-4-2-12(3-5-13)14-10-17-8-7-15(14)6-1-9-20(18,19)11-15/h2-5,14,17H,1,6-11H2. The Morgan fingerprint density at radius 2 is 1.95 bits per heavy atom. The summed E-state index contributed by atoms with van der Waals surface area (Å²) in [5, 5.41) is 3.44. The van der Waals surface area contributed by atoms with Crippen LogP contribution in [0.25, 0.3) is 0 Å². The van der Waals surface area contributed by atoms with E-state index in [9.17, 15) is 8.42 Å². The van der Waals surface area contributed by atoms with Gasteiger partial charge in [-0.1, -0.05) is 28.1 Å². The highest BCUT2D eigenvalue weighted by atomic mass is 79.9. The number of nitrogens with one attached hydrogen (secondary N) is 1. The van der Waals surface area contributed by atoms with Crippen molar-refractivity contribution in [1.82, 2.24) is 5.32 Å². The average molecular weight is 358 g/mol. The quantitative estimate of drug-likeness (QED) is 0.840. The SMILES string of the molecule is O=S1(=O)CCCC2(CCNCC2c2ccc(Br)cc2)C1. The highest BCUT2D eigenvalue weighted by molar-refractivity contribution is 9.10. The molecule has 2 atom stereocenters. The molecule has 2 aliphatic heterocycles. The third kappa shape index (κ3) is 2.81. The van der Waals surface area contributed by atoms with Crippen LogP contribution in [0.1, 0.15) is 30.7 Å². The Balaban J connectivity index is 1.96. The predicted octanol–water partition coefficient (Wildman–Crippen LogP) is 2.72. The topological polar surface area (TPSA) is 46.2 Å². The zero-order valence-electron chi connectivity index (χ0n) is 11.4. The fraction of sp³-hybridized carbons (Fsp3) is 0.600. The Hall–Kier alpha value is -0.390. The molecule has 0 saturated carbocycles. The number of piperidine rings is 1. The van der Waals surface area contributed by atoms with Crippen molar-refractivity contribution in [2.45, 2.75) is 25.2 Å². The first-order valence-electron chi connectivity index (χ1n) is 7.17. The Labute approximate surface area is 129 Å². The van der Waals surface area contributed by atoms with Crippen molar-refractivity contribution in [3.63, 3.8) is 0 Å². The molecule has 0 amide bonds. The van der Waals surface area contributed by atoms with E-state index in [0.717, 1.165) is 36.8 Å². The summed E-state index contributed by atoms with van der Waals surface area (Å²) in [5.74, 6) is 1.04. The van der Waals surface area contributed by atoms with Crippen LogP contribution in [0.4, 0.5) is 0 Å². The highest BCUT2D eigenvalue weighted by Crippen LogP contribution is 2.47. The highest BCUT2D eigenvalue weighted by Gasteiger charge is 2.46. The van der Waals surface area contributed by atoms with Crippen LogP contribution in [-0.2, 0) is 9.84 Å². The summed E-state index contributed by atoms with van der Waals surface area (Å²) in [6, 6.07) is 8.36. The van der Waals surface area contributed by atoms with Gasteiger partial charge in [-0.3, -0.25) is 0 Å². The van der Waals surface area contributed by atoms with Gasteiger partial charge in [0.25, 0.3) is 0 Å². The number of hydrogen-bond acceptors (Lipinski definition) is 3. The minimum atomic E-state index is -2.88. The smallest absolute Gasteiger partial charge is 0.150 e. The summed E-state index contributed by atoms with van der Waals surface area (Å²) < 4.78 is 25.3. The van der Waals surface area contributed by atoms with Gasteiger partial charge >= 0.3 is 0 Å². The maximum Gasteiger partial charge on any atom is 0.150 e. The third-order valence-electron chi connectivity index (χ3n) is 4.80. The van der Waals surface area contributed by atoms with E-state index in [1.807, 2.05) is 0 Å². The van der Waals surface area contributed by atoms with Gasteiger partial charge in [0, 0.05) is 16.9 Å². The summed E-state index contributed by atoms with van der Waals surface area (Å²) in [6.07, 6.45) is 2.82. The molecule has 2 unspecified atom stereocenters. The Bertz CT molecular complexity index is 580. The third-order valence-corrected chi connectivity index (χ3v) is 7.25. The molecule has 3 nitrogen and oxygen atoms in total. The van der Waals surface area contributed by atoms with Gasteiger partial charge < -0.3 is 5.32 Å². The van der Waals surface area contributed by atoms with Gasteiger partial charge in [0.05, 0.1) is 11.5 Å². The van der Waals surface area contributed by atoms with Crippen LogP contribution < -0.4 is 5.32 Å². The summed E-state index contributed by atoms with van der Waals surface area (Å²) >= 11 is 3.46. The molecule has 110 valence electrons.